The summed E-state index contributed by atoms with van der Waals surface area (Å²) in [6.07, 6.45) is 19.3. The lowest BCUT2D eigenvalue weighted by Gasteiger charge is -2.37. The van der Waals surface area contributed by atoms with Gasteiger partial charge in [-0.3, -0.25) is 0 Å². The summed E-state index contributed by atoms with van der Waals surface area (Å²) in [5, 5.41) is 0. The van der Waals surface area contributed by atoms with Gasteiger partial charge < -0.3 is 4.74 Å². The molecule has 1 heteroatoms. The first-order valence-corrected chi connectivity index (χ1v) is 11.2. The first-order chi connectivity index (χ1) is 13.3. The normalized spacial score (nSPS) is 29.1. The van der Waals surface area contributed by atoms with E-state index >= 15 is 0 Å². The average Bonchev–Trinajstić information content (AvgIpc) is 2.73. The zero-order valence-electron chi connectivity index (χ0n) is 17.2. The zero-order chi connectivity index (χ0) is 18.9. The predicted molar refractivity (Wildman–Crippen MR) is 116 cm³/mol. The molecule has 1 nitrogen and oxygen atoms in total. The van der Waals surface area contributed by atoms with E-state index < -0.39 is 0 Å². The minimum atomic E-state index is 0.628. The van der Waals surface area contributed by atoms with Crippen molar-refractivity contribution in [3.63, 3.8) is 0 Å². The van der Waals surface area contributed by atoms with Crippen LogP contribution in [0.25, 0.3) is 0 Å². The molecule has 2 aliphatic carbocycles. The van der Waals surface area contributed by atoms with E-state index in [1.54, 1.807) is 6.08 Å². The van der Waals surface area contributed by atoms with E-state index in [0.29, 0.717) is 13.2 Å². The number of hydrogen-bond acceptors (Lipinski definition) is 1. The highest BCUT2D eigenvalue weighted by molar-refractivity contribution is 5.25. The molecule has 0 N–H and O–H groups in total. The van der Waals surface area contributed by atoms with Gasteiger partial charge in [0.25, 0.3) is 0 Å². The molecule has 148 valence electrons. The van der Waals surface area contributed by atoms with Crippen LogP contribution in [0.15, 0.2) is 49.1 Å². The molecule has 2 fully saturated rings. The Kier molecular flexibility index (Phi) is 8.20. The van der Waals surface area contributed by atoms with Crippen LogP contribution in [0.5, 0.6) is 0 Å². The van der Waals surface area contributed by atoms with E-state index in [1.165, 1.54) is 68.9 Å². The molecule has 0 unspecified atom stereocenters. The number of hydrogen-bond donors (Lipinski definition) is 0. The fourth-order valence-corrected chi connectivity index (χ4v) is 5.21. The molecular formula is C26H38O. The van der Waals surface area contributed by atoms with Crippen molar-refractivity contribution in [1.29, 1.82) is 0 Å². The monoisotopic (exact) mass is 366 g/mol. The number of benzene rings is 1. The van der Waals surface area contributed by atoms with Gasteiger partial charge in [0.1, 0.15) is 0 Å². The fourth-order valence-electron chi connectivity index (χ4n) is 5.21. The van der Waals surface area contributed by atoms with E-state index in [0.717, 1.165) is 23.7 Å². The van der Waals surface area contributed by atoms with Gasteiger partial charge in [0.2, 0.25) is 0 Å². The van der Waals surface area contributed by atoms with Gasteiger partial charge in [-0.2, -0.15) is 0 Å². The van der Waals surface area contributed by atoms with Crippen LogP contribution in [0.1, 0.15) is 81.8 Å². The van der Waals surface area contributed by atoms with Crippen LogP contribution in [0.4, 0.5) is 0 Å². The van der Waals surface area contributed by atoms with Crippen LogP contribution in [0.3, 0.4) is 0 Å². The molecule has 27 heavy (non-hydrogen) atoms. The van der Waals surface area contributed by atoms with E-state index in [4.69, 9.17) is 4.74 Å². The van der Waals surface area contributed by atoms with Crippen molar-refractivity contribution in [2.24, 2.45) is 17.8 Å². The summed E-state index contributed by atoms with van der Waals surface area (Å²) in [5.41, 5.74) is 2.80. The Morgan fingerprint density at radius 1 is 0.926 bits per heavy atom. The SMILES string of the molecule is C=CCOCc1ccc(C2CCC([C@H]3CC[C@H](/C=C/CC)CC3)CC2)cc1. The third-order valence-corrected chi connectivity index (χ3v) is 6.85. The number of ether oxygens (including phenoxy) is 1. The predicted octanol–water partition coefficient (Wildman–Crippen LogP) is 7.44. The molecule has 0 aliphatic heterocycles. The number of allylic oxidation sites excluding steroid dienone is 2. The topological polar surface area (TPSA) is 9.23 Å². The lowest BCUT2D eigenvalue weighted by atomic mass is 9.68. The first-order valence-electron chi connectivity index (χ1n) is 11.2. The third-order valence-electron chi connectivity index (χ3n) is 6.85. The minimum Gasteiger partial charge on any atom is -0.373 e. The van der Waals surface area contributed by atoms with Crippen molar-refractivity contribution >= 4 is 0 Å². The first kappa shape index (κ1) is 20.4. The molecular weight excluding hydrogens is 328 g/mol. The summed E-state index contributed by atoms with van der Waals surface area (Å²) in [6.45, 7) is 7.25. The van der Waals surface area contributed by atoms with Gasteiger partial charge in [-0.1, -0.05) is 49.4 Å². The highest BCUT2D eigenvalue weighted by Gasteiger charge is 2.30. The summed E-state index contributed by atoms with van der Waals surface area (Å²) in [6, 6.07) is 9.16. The molecule has 0 spiro atoms. The molecule has 2 saturated carbocycles. The molecule has 0 amide bonds. The van der Waals surface area contributed by atoms with Gasteiger partial charge in [0.05, 0.1) is 13.2 Å². The van der Waals surface area contributed by atoms with Gasteiger partial charge in [-0.25, -0.2) is 0 Å². The molecule has 0 heterocycles. The molecule has 0 atom stereocenters. The standard InChI is InChI=1S/C26H38O/c1-3-5-6-21-7-11-23(12-8-21)25-15-17-26(18-16-25)24-13-9-22(10-14-24)20-27-19-4-2/h4-6,9-10,13-14,21,23,25-26H,2-3,7-8,11-12,15-20H2,1H3/b6-5+/t21-,23-,25?,26?. The summed E-state index contributed by atoms with van der Waals surface area (Å²) in [5.74, 6) is 3.63. The molecule has 0 aromatic heterocycles. The Balaban J connectivity index is 1.42. The smallest absolute Gasteiger partial charge is 0.0721 e. The summed E-state index contributed by atoms with van der Waals surface area (Å²) in [4.78, 5) is 0. The summed E-state index contributed by atoms with van der Waals surface area (Å²) >= 11 is 0. The van der Waals surface area contributed by atoms with Crippen LogP contribution in [0.2, 0.25) is 0 Å². The molecule has 0 radical (unpaired) electrons. The Hall–Kier alpha value is -1.34. The fraction of sp³-hybridized carbons (Fsp3) is 0.615. The van der Waals surface area contributed by atoms with Gasteiger partial charge in [-0.15, -0.1) is 6.58 Å². The van der Waals surface area contributed by atoms with E-state index in [2.05, 4.69) is 49.9 Å². The highest BCUT2D eigenvalue weighted by atomic mass is 16.5. The largest absolute Gasteiger partial charge is 0.373 e. The lowest BCUT2D eigenvalue weighted by Crippen LogP contribution is -2.25. The van der Waals surface area contributed by atoms with Crippen LogP contribution < -0.4 is 0 Å². The zero-order valence-corrected chi connectivity index (χ0v) is 17.2. The average molecular weight is 367 g/mol. The Morgan fingerprint density at radius 2 is 1.56 bits per heavy atom. The Bertz CT molecular complexity index is 569. The van der Waals surface area contributed by atoms with Crippen molar-refractivity contribution in [2.75, 3.05) is 6.61 Å². The van der Waals surface area contributed by atoms with Crippen LogP contribution in [-0.2, 0) is 11.3 Å². The maximum absolute atomic E-state index is 5.54. The van der Waals surface area contributed by atoms with Gasteiger partial charge in [0, 0.05) is 0 Å². The van der Waals surface area contributed by atoms with Gasteiger partial charge >= 0.3 is 0 Å². The molecule has 3 rings (SSSR count). The maximum atomic E-state index is 5.54. The molecule has 0 saturated heterocycles. The second-order valence-electron chi connectivity index (χ2n) is 8.67. The molecule has 1 aromatic rings. The van der Waals surface area contributed by atoms with E-state index in [1.807, 2.05) is 0 Å². The van der Waals surface area contributed by atoms with Crippen molar-refractivity contribution < 1.29 is 4.74 Å². The van der Waals surface area contributed by atoms with Crippen LogP contribution in [-0.4, -0.2) is 6.61 Å². The van der Waals surface area contributed by atoms with Crippen molar-refractivity contribution in [1.82, 2.24) is 0 Å². The quantitative estimate of drug-likeness (QED) is 0.343. The lowest BCUT2D eigenvalue weighted by molar-refractivity contribution is 0.149. The highest BCUT2D eigenvalue weighted by Crippen LogP contribution is 2.44. The van der Waals surface area contributed by atoms with E-state index in [-0.39, 0.29) is 0 Å². The van der Waals surface area contributed by atoms with Gasteiger partial charge in [-0.05, 0) is 92.6 Å². The van der Waals surface area contributed by atoms with Crippen LogP contribution >= 0.6 is 0 Å². The van der Waals surface area contributed by atoms with Crippen molar-refractivity contribution in [3.05, 3.63) is 60.2 Å². The second-order valence-corrected chi connectivity index (χ2v) is 8.67. The molecule has 0 bridgehead atoms. The molecule has 1 aromatic carbocycles. The van der Waals surface area contributed by atoms with Crippen molar-refractivity contribution in [2.45, 2.75) is 77.2 Å². The second kappa shape index (κ2) is 10.9. The maximum Gasteiger partial charge on any atom is 0.0721 e. The number of rotatable bonds is 8. The Morgan fingerprint density at radius 3 is 2.15 bits per heavy atom. The van der Waals surface area contributed by atoms with Gasteiger partial charge in [0.15, 0.2) is 0 Å². The minimum absolute atomic E-state index is 0.628. The Labute approximate surface area is 166 Å². The third kappa shape index (κ3) is 6.07. The summed E-state index contributed by atoms with van der Waals surface area (Å²) in [7, 11) is 0. The summed E-state index contributed by atoms with van der Waals surface area (Å²) < 4.78 is 5.54. The molecule has 2 aliphatic rings. The van der Waals surface area contributed by atoms with Crippen molar-refractivity contribution in [3.8, 4) is 0 Å². The van der Waals surface area contributed by atoms with E-state index in [9.17, 15) is 0 Å². The van der Waals surface area contributed by atoms with Crippen LogP contribution in [0, 0.1) is 17.8 Å².